The van der Waals surface area contributed by atoms with Gasteiger partial charge < -0.3 is 9.80 Å². The maximum Gasteiger partial charge on any atom is 0.255 e. The minimum atomic E-state index is 0.00102. The van der Waals surface area contributed by atoms with Crippen molar-refractivity contribution < 1.29 is 4.79 Å². The van der Waals surface area contributed by atoms with Crippen LogP contribution in [-0.4, -0.2) is 43.0 Å². The van der Waals surface area contributed by atoms with Crippen LogP contribution >= 0.6 is 0 Å². The Kier molecular flexibility index (Phi) is 4.49. The molecular weight excluding hydrogens is 214 g/mol. The summed E-state index contributed by atoms with van der Waals surface area (Å²) in [7, 11) is 3.50. The normalized spacial score (nSPS) is 10.2. The molecule has 1 amide bonds. The van der Waals surface area contributed by atoms with Gasteiger partial charge in [0.2, 0.25) is 0 Å². The van der Waals surface area contributed by atoms with E-state index in [0.29, 0.717) is 5.56 Å². The molecule has 1 heterocycles. The van der Waals surface area contributed by atoms with Gasteiger partial charge in [0, 0.05) is 27.2 Å². The van der Waals surface area contributed by atoms with Crippen LogP contribution in [0.15, 0.2) is 12.1 Å². The third-order valence-corrected chi connectivity index (χ3v) is 2.80. The van der Waals surface area contributed by atoms with E-state index in [1.807, 2.05) is 19.1 Å². The number of hydrogen-bond donors (Lipinski definition) is 0. The van der Waals surface area contributed by atoms with Crippen molar-refractivity contribution in [3.63, 3.8) is 0 Å². The van der Waals surface area contributed by atoms with E-state index >= 15 is 0 Å². The van der Waals surface area contributed by atoms with Crippen molar-refractivity contribution in [3.8, 4) is 0 Å². The van der Waals surface area contributed by atoms with Crippen LogP contribution in [0.3, 0.4) is 0 Å². The zero-order valence-corrected chi connectivity index (χ0v) is 11.3. The highest BCUT2D eigenvalue weighted by molar-refractivity contribution is 5.95. The summed E-state index contributed by atoms with van der Waals surface area (Å²) >= 11 is 0. The van der Waals surface area contributed by atoms with Crippen molar-refractivity contribution in [2.75, 3.05) is 32.1 Å². The smallest absolute Gasteiger partial charge is 0.255 e. The van der Waals surface area contributed by atoms with Crippen LogP contribution in [0.25, 0.3) is 0 Å². The predicted octanol–water partition coefficient (Wildman–Crippen LogP) is 1.94. The molecule has 1 aromatic heterocycles. The van der Waals surface area contributed by atoms with Crippen LogP contribution in [0.2, 0.25) is 0 Å². The van der Waals surface area contributed by atoms with Crippen LogP contribution in [0.4, 0.5) is 5.82 Å². The molecule has 0 fully saturated rings. The van der Waals surface area contributed by atoms with Gasteiger partial charge in [-0.2, -0.15) is 0 Å². The van der Waals surface area contributed by atoms with Gasteiger partial charge in [0.25, 0.3) is 5.91 Å². The molecule has 17 heavy (non-hydrogen) atoms. The second-order valence-corrected chi connectivity index (χ2v) is 4.17. The van der Waals surface area contributed by atoms with Gasteiger partial charge in [-0.15, -0.1) is 0 Å². The van der Waals surface area contributed by atoms with Crippen LogP contribution in [0, 0.1) is 6.92 Å². The van der Waals surface area contributed by atoms with Gasteiger partial charge in [0.05, 0.1) is 11.3 Å². The number of hydrogen-bond acceptors (Lipinski definition) is 3. The van der Waals surface area contributed by atoms with Gasteiger partial charge in [-0.3, -0.25) is 4.79 Å². The van der Waals surface area contributed by atoms with Crippen LogP contribution in [0.1, 0.15) is 29.9 Å². The Morgan fingerprint density at radius 1 is 1.24 bits per heavy atom. The topological polar surface area (TPSA) is 36.4 Å². The van der Waals surface area contributed by atoms with Crippen LogP contribution < -0.4 is 4.90 Å². The second-order valence-electron chi connectivity index (χ2n) is 4.17. The Labute approximate surface area is 103 Å². The fourth-order valence-corrected chi connectivity index (χ4v) is 1.74. The van der Waals surface area contributed by atoms with Gasteiger partial charge in [-0.25, -0.2) is 4.98 Å². The fourth-order valence-electron chi connectivity index (χ4n) is 1.74. The first-order valence-electron chi connectivity index (χ1n) is 5.95. The van der Waals surface area contributed by atoms with Crippen molar-refractivity contribution in [1.82, 2.24) is 9.88 Å². The van der Waals surface area contributed by atoms with E-state index in [4.69, 9.17) is 0 Å². The van der Waals surface area contributed by atoms with Crippen molar-refractivity contribution in [2.45, 2.75) is 20.8 Å². The highest BCUT2D eigenvalue weighted by Crippen LogP contribution is 2.15. The monoisotopic (exact) mass is 235 g/mol. The molecule has 0 aliphatic rings. The lowest BCUT2D eigenvalue weighted by molar-refractivity contribution is 0.0826. The van der Waals surface area contributed by atoms with E-state index in [1.54, 1.807) is 19.0 Å². The zero-order valence-electron chi connectivity index (χ0n) is 11.3. The first-order chi connectivity index (χ1) is 8.01. The van der Waals surface area contributed by atoms with Crippen molar-refractivity contribution in [1.29, 1.82) is 0 Å². The molecule has 0 spiro atoms. The van der Waals surface area contributed by atoms with Crippen molar-refractivity contribution in [3.05, 3.63) is 23.4 Å². The van der Waals surface area contributed by atoms with E-state index in [9.17, 15) is 4.79 Å². The second kappa shape index (κ2) is 5.66. The van der Waals surface area contributed by atoms with Crippen LogP contribution in [0.5, 0.6) is 0 Å². The van der Waals surface area contributed by atoms with E-state index < -0.39 is 0 Å². The zero-order chi connectivity index (χ0) is 13.0. The molecule has 0 unspecified atom stereocenters. The first kappa shape index (κ1) is 13.5. The molecule has 0 aromatic carbocycles. The Bertz CT molecular complexity index is 398. The van der Waals surface area contributed by atoms with E-state index in [1.165, 1.54) is 0 Å². The summed E-state index contributed by atoms with van der Waals surface area (Å²) in [5, 5.41) is 0. The van der Waals surface area contributed by atoms with Crippen molar-refractivity contribution in [2.24, 2.45) is 0 Å². The quantitative estimate of drug-likeness (QED) is 0.800. The third-order valence-electron chi connectivity index (χ3n) is 2.80. The lowest BCUT2D eigenvalue weighted by atomic mass is 10.2. The van der Waals surface area contributed by atoms with Gasteiger partial charge in [-0.05, 0) is 32.9 Å². The Morgan fingerprint density at radius 2 is 1.82 bits per heavy atom. The minimum absolute atomic E-state index is 0.00102. The first-order valence-corrected chi connectivity index (χ1v) is 5.95. The molecule has 1 rings (SSSR count). The number of carbonyl (C=O) groups excluding carboxylic acids is 1. The summed E-state index contributed by atoms with van der Waals surface area (Å²) in [5.41, 5.74) is 1.46. The molecule has 0 bridgehead atoms. The lowest BCUT2D eigenvalue weighted by Crippen LogP contribution is -2.25. The minimum Gasteiger partial charge on any atom is -0.357 e. The highest BCUT2D eigenvalue weighted by atomic mass is 16.2. The summed E-state index contributed by atoms with van der Waals surface area (Å²) in [6.45, 7) is 7.91. The summed E-state index contributed by atoms with van der Waals surface area (Å²) in [5.74, 6) is 0.934. The van der Waals surface area contributed by atoms with Gasteiger partial charge in [-0.1, -0.05) is 0 Å². The highest BCUT2D eigenvalue weighted by Gasteiger charge is 2.13. The molecule has 4 nitrogen and oxygen atoms in total. The van der Waals surface area contributed by atoms with Gasteiger partial charge >= 0.3 is 0 Å². The molecule has 94 valence electrons. The van der Waals surface area contributed by atoms with Crippen molar-refractivity contribution >= 4 is 11.7 Å². The largest absolute Gasteiger partial charge is 0.357 e. The average molecular weight is 235 g/mol. The standard InChI is InChI=1S/C13H21N3O/c1-6-16(7-2)12-9-8-11(10(3)14-12)13(17)15(4)5/h8-9H,6-7H2,1-5H3. The molecular formula is C13H21N3O. The molecule has 1 aromatic rings. The van der Waals surface area contributed by atoms with E-state index in [2.05, 4.69) is 23.7 Å². The van der Waals surface area contributed by atoms with Gasteiger partial charge in [0.1, 0.15) is 5.82 Å². The maximum absolute atomic E-state index is 11.9. The SMILES string of the molecule is CCN(CC)c1ccc(C(=O)N(C)C)c(C)n1. The molecule has 0 atom stereocenters. The molecule has 0 aliphatic carbocycles. The average Bonchev–Trinajstić information content (AvgIpc) is 2.30. The molecule has 4 heteroatoms. The van der Waals surface area contributed by atoms with Gasteiger partial charge in [0.15, 0.2) is 0 Å². The molecule has 0 N–H and O–H groups in total. The van der Waals surface area contributed by atoms with E-state index in [-0.39, 0.29) is 5.91 Å². The molecule has 0 saturated carbocycles. The van der Waals surface area contributed by atoms with Crippen LogP contribution in [-0.2, 0) is 0 Å². The molecule has 0 radical (unpaired) electrons. The number of anilines is 1. The number of pyridine rings is 1. The lowest BCUT2D eigenvalue weighted by Gasteiger charge is -2.21. The molecule has 0 saturated heterocycles. The maximum atomic E-state index is 11.9. The van der Waals surface area contributed by atoms with E-state index in [0.717, 1.165) is 24.6 Å². The number of aryl methyl sites for hydroxylation is 1. The summed E-state index contributed by atoms with van der Waals surface area (Å²) in [6, 6.07) is 3.77. The summed E-state index contributed by atoms with van der Waals surface area (Å²) in [4.78, 5) is 20.1. The number of nitrogens with zero attached hydrogens (tertiary/aromatic N) is 3. The predicted molar refractivity (Wildman–Crippen MR) is 70.6 cm³/mol. The third kappa shape index (κ3) is 2.96. The number of aromatic nitrogens is 1. The Hall–Kier alpha value is -1.58. The molecule has 0 aliphatic heterocycles. The Balaban J connectivity index is 3.05. The number of carbonyl (C=O) groups is 1. The number of amides is 1. The summed E-state index contributed by atoms with van der Waals surface area (Å²) < 4.78 is 0. The number of rotatable bonds is 4. The fraction of sp³-hybridized carbons (Fsp3) is 0.538. The summed E-state index contributed by atoms with van der Waals surface area (Å²) in [6.07, 6.45) is 0. The Morgan fingerprint density at radius 3 is 2.24 bits per heavy atom.